The number of nitrogens with one attached hydrogen (secondary N) is 3. The molecule has 3 rings (SSSR count). The number of unbranched alkanes of at least 4 members (excludes halogenated alkanes) is 1. The number of halogens is 1. The van der Waals surface area contributed by atoms with E-state index in [2.05, 4.69) is 29.8 Å². The van der Waals surface area contributed by atoms with Gasteiger partial charge in [0.05, 0.1) is 11.4 Å². The van der Waals surface area contributed by atoms with E-state index in [1.165, 1.54) is 18.6 Å². The predicted octanol–water partition coefficient (Wildman–Crippen LogP) is 5.44. The average molecular weight is 458 g/mol. The first-order valence-electron chi connectivity index (χ1n) is 11.3. The molecule has 1 aliphatic rings. The van der Waals surface area contributed by atoms with E-state index in [0.717, 1.165) is 30.5 Å². The fourth-order valence-electron chi connectivity index (χ4n) is 3.66. The Kier molecular flexibility index (Phi) is 8.97. The normalized spacial score (nSPS) is 16.0. The van der Waals surface area contributed by atoms with Crippen molar-refractivity contribution in [3.8, 4) is 0 Å². The summed E-state index contributed by atoms with van der Waals surface area (Å²) >= 11 is 1.61. The number of hydrogen-bond donors (Lipinski definition) is 3. The molecule has 172 valence electrons. The van der Waals surface area contributed by atoms with Crippen LogP contribution in [0.15, 0.2) is 42.5 Å². The molecule has 0 unspecified atom stereocenters. The SMILES string of the molecule is CCCC[C@H](CC)CNC(=O)c1ccc2c(c1)NC(=O)[C@@H](CSCc1ccc(F)cc1)N2. The van der Waals surface area contributed by atoms with E-state index in [4.69, 9.17) is 0 Å². The molecule has 32 heavy (non-hydrogen) atoms. The largest absolute Gasteiger partial charge is 0.371 e. The number of hydrogen-bond acceptors (Lipinski definition) is 4. The Morgan fingerprint density at radius 2 is 1.94 bits per heavy atom. The van der Waals surface area contributed by atoms with Crippen molar-refractivity contribution in [1.82, 2.24) is 5.32 Å². The van der Waals surface area contributed by atoms with Crippen molar-refractivity contribution >= 4 is 35.0 Å². The first kappa shape index (κ1) is 24.1. The summed E-state index contributed by atoms with van der Waals surface area (Å²) < 4.78 is 13.0. The summed E-state index contributed by atoms with van der Waals surface area (Å²) in [5, 5.41) is 9.22. The van der Waals surface area contributed by atoms with Crippen molar-refractivity contribution in [2.24, 2.45) is 5.92 Å². The summed E-state index contributed by atoms with van der Waals surface area (Å²) in [7, 11) is 0. The number of thioether (sulfide) groups is 1. The van der Waals surface area contributed by atoms with Gasteiger partial charge in [-0.1, -0.05) is 45.2 Å². The minimum absolute atomic E-state index is 0.117. The van der Waals surface area contributed by atoms with Crippen LogP contribution >= 0.6 is 11.8 Å². The summed E-state index contributed by atoms with van der Waals surface area (Å²) in [6.45, 7) is 5.00. The summed E-state index contributed by atoms with van der Waals surface area (Å²) in [6, 6.07) is 11.4. The van der Waals surface area contributed by atoms with Gasteiger partial charge in [-0.15, -0.1) is 0 Å². The molecule has 0 fully saturated rings. The van der Waals surface area contributed by atoms with Gasteiger partial charge in [-0.05, 0) is 48.2 Å². The van der Waals surface area contributed by atoms with Gasteiger partial charge in [0.25, 0.3) is 5.91 Å². The minimum Gasteiger partial charge on any atom is -0.371 e. The Balaban J connectivity index is 1.53. The van der Waals surface area contributed by atoms with E-state index in [9.17, 15) is 14.0 Å². The number of fused-ring (bicyclic) bond motifs is 1. The zero-order valence-electron chi connectivity index (χ0n) is 18.7. The second-order valence-electron chi connectivity index (χ2n) is 8.21. The van der Waals surface area contributed by atoms with Gasteiger partial charge < -0.3 is 16.0 Å². The molecule has 0 aromatic heterocycles. The second-order valence-corrected chi connectivity index (χ2v) is 9.24. The van der Waals surface area contributed by atoms with E-state index in [-0.39, 0.29) is 23.7 Å². The molecule has 2 aromatic carbocycles. The molecule has 5 nitrogen and oxygen atoms in total. The van der Waals surface area contributed by atoms with E-state index in [1.807, 2.05) is 6.07 Å². The molecule has 0 spiro atoms. The van der Waals surface area contributed by atoms with Crippen LogP contribution < -0.4 is 16.0 Å². The highest BCUT2D eigenvalue weighted by Gasteiger charge is 2.26. The van der Waals surface area contributed by atoms with Crippen molar-refractivity contribution in [3.63, 3.8) is 0 Å². The molecule has 0 aliphatic carbocycles. The maximum atomic E-state index is 13.0. The summed E-state index contributed by atoms with van der Waals surface area (Å²) in [4.78, 5) is 25.1. The molecule has 1 heterocycles. The Morgan fingerprint density at radius 1 is 1.16 bits per heavy atom. The topological polar surface area (TPSA) is 70.2 Å². The van der Waals surface area contributed by atoms with Crippen LogP contribution in [0.2, 0.25) is 0 Å². The van der Waals surface area contributed by atoms with Crippen molar-refractivity contribution in [2.45, 2.75) is 51.3 Å². The summed E-state index contributed by atoms with van der Waals surface area (Å²) in [5.74, 6) is 1.29. The number of amides is 2. The van der Waals surface area contributed by atoms with Crippen LogP contribution in [0, 0.1) is 11.7 Å². The van der Waals surface area contributed by atoms with E-state index < -0.39 is 0 Å². The first-order chi connectivity index (χ1) is 15.5. The Hall–Kier alpha value is -2.54. The first-order valence-corrected chi connectivity index (χ1v) is 12.5. The monoisotopic (exact) mass is 457 g/mol. The third kappa shape index (κ3) is 6.73. The molecule has 2 atom stereocenters. The molecular weight excluding hydrogens is 425 g/mol. The van der Waals surface area contributed by atoms with Crippen LogP contribution in [0.5, 0.6) is 0 Å². The van der Waals surface area contributed by atoms with Crippen molar-refractivity contribution in [3.05, 3.63) is 59.4 Å². The van der Waals surface area contributed by atoms with Crippen molar-refractivity contribution in [2.75, 3.05) is 22.9 Å². The number of benzene rings is 2. The van der Waals surface area contributed by atoms with Crippen LogP contribution in [-0.2, 0) is 10.5 Å². The number of carbonyl (C=O) groups is 2. The minimum atomic E-state index is -0.364. The highest BCUT2D eigenvalue weighted by molar-refractivity contribution is 7.98. The average Bonchev–Trinajstić information content (AvgIpc) is 2.80. The summed E-state index contributed by atoms with van der Waals surface area (Å²) in [5.41, 5.74) is 2.99. The molecule has 2 amide bonds. The van der Waals surface area contributed by atoms with E-state index in [0.29, 0.717) is 35.2 Å². The Labute approximate surface area is 193 Å². The van der Waals surface area contributed by atoms with Gasteiger partial charge in [-0.3, -0.25) is 9.59 Å². The Morgan fingerprint density at radius 3 is 2.66 bits per heavy atom. The second kappa shape index (κ2) is 11.9. The van der Waals surface area contributed by atoms with Gasteiger partial charge in [0, 0.05) is 23.6 Å². The van der Waals surface area contributed by atoms with Crippen molar-refractivity contribution in [1.29, 1.82) is 0 Å². The highest BCUT2D eigenvalue weighted by atomic mass is 32.2. The lowest BCUT2D eigenvalue weighted by Gasteiger charge is -2.27. The van der Waals surface area contributed by atoms with Crippen LogP contribution in [0.25, 0.3) is 0 Å². The van der Waals surface area contributed by atoms with E-state index >= 15 is 0 Å². The lowest BCUT2D eigenvalue weighted by Crippen LogP contribution is -2.40. The van der Waals surface area contributed by atoms with Gasteiger partial charge in [0.2, 0.25) is 5.91 Å². The zero-order valence-corrected chi connectivity index (χ0v) is 19.6. The van der Waals surface area contributed by atoms with Gasteiger partial charge in [0.15, 0.2) is 0 Å². The fourth-order valence-corrected chi connectivity index (χ4v) is 4.68. The zero-order chi connectivity index (χ0) is 22.9. The molecule has 0 saturated carbocycles. The number of anilines is 2. The molecule has 3 N–H and O–H groups in total. The van der Waals surface area contributed by atoms with Gasteiger partial charge in [-0.25, -0.2) is 4.39 Å². The number of rotatable bonds is 11. The Bertz CT molecular complexity index is 920. The highest BCUT2D eigenvalue weighted by Crippen LogP contribution is 2.29. The predicted molar refractivity (Wildman–Crippen MR) is 131 cm³/mol. The maximum absolute atomic E-state index is 13.0. The molecule has 1 aliphatic heterocycles. The number of carbonyl (C=O) groups excluding carboxylic acids is 2. The van der Waals surface area contributed by atoms with Gasteiger partial charge >= 0.3 is 0 Å². The smallest absolute Gasteiger partial charge is 0.251 e. The molecule has 0 saturated heterocycles. The van der Waals surface area contributed by atoms with Gasteiger partial charge in [-0.2, -0.15) is 11.8 Å². The third-order valence-corrected chi connectivity index (χ3v) is 6.85. The molecule has 2 aromatic rings. The van der Waals surface area contributed by atoms with Crippen LogP contribution in [0.3, 0.4) is 0 Å². The van der Waals surface area contributed by atoms with Crippen LogP contribution in [-0.4, -0.2) is 30.2 Å². The van der Waals surface area contributed by atoms with E-state index in [1.54, 1.807) is 36.0 Å². The third-order valence-electron chi connectivity index (χ3n) is 5.75. The fraction of sp³-hybridized carbons (Fsp3) is 0.440. The lowest BCUT2D eigenvalue weighted by atomic mass is 9.99. The van der Waals surface area contributed by atoms with Gasteiger partial charge in [0.1, 0.15) is 11.9 Å². The molecule has 7 heteroatoms. The van der Waals surface area contributed by atoms with Crippen LogP contribution in [0.4, 0.5) is 15.8 Å². The summed E-state index contributed by atoms with van der Waals surface area (Å²) in [6.07, 6.45) is 4.50. The molecular formula is C25H32FN3O2S. The standard InChI is InChI=1S/C25H32FN3O2S/c1-3-5-6-17(4-2)14-27-24(30)19-9-12-21-22(13-19)29-25(31)23(28-21)16-32-15-18-7-10-20(26)11-8-18/h7-13,17,23,28H,3-6,14-16H2,1-2H3,(H,27,30)(H,29,31)/t17-,23+/m0/s1. The molecule has 0 radical (unpaired) electrons. The quantitative estimate of drug-likeness (QED) is 0.420. The van der Waals surface area contributed by atoms with Crippen LogP contribution in [0.1, 0.15) is 55.5 Å². The lowest BCUT2D eigenvalue weighted by molar-refractivity contribution is -0.116. The maximum Gasteiger partial charge on any atom is 0.251 e. The molecule has 0 bridgehead atoms. The van der Waals surface area contributed by atoms with Crippen molar-refractivity contribution < 1.29 is 14.0 Å².